The predicted octanol–water partition coefficient (Wildman–Crippen LogP) is 4.70. The molecule has 1 unspecified atom stereocenters. The van der Waals surface area contributed by atoms with Crippen molar-refractivity contribution in [2.45, 2.75) is 26.2 Å². The van der Waals surface area contributed by atoms with Gasteiger partial charge in [0.05, 0.1) is 6.33 Å². The number of hydrogen-bond acceptors (Lipinski definition) is 6. The number of piperazine rings is 1. The third kappa shape index (κ3) is 6.23. The summed E-state index contributed by atoms with van der Waals surface area (Å²) in [4.78, 5) is 33.4. The van der Waals surface area contributed by atoms with Crippen LogP contribution in [0.1, 0.15) is 39.4 Å². The minimum Gasteiger partial charge on any atom is -0.352 e. The van der Waals surface area contributed by atoms with E-state index in [1.54, 1.807) is 12.7 Å². The molecule has 9 heteroatoms. The molecule has 1 fully saturated rings. The van der Waals surface area contributed by atoms with E-state index in [2.05, 4.69) is 43.0 Å². The van der Waals surface area contributed by atoms with Crippen LogP contribution in [0.4, 0.5) is 5.82 Å². The van der Waals surface area contributed by atoms with E-state index in [1.165, 1.54) is 5.56 Å². The largest absolute Gasteiger partial charge is 0.352 e. The average molecular weight is 546 g/mol. The lowest BCUT2D eigenvalue weighted by molar-refractivity contribution is 0.0782. The molecule has 8 nitrogen and oxygen atoms in total. The number of likely N-dealkylation sites (N-methyl/N-ethyl adjacent to an activating group) is 1. The quantitative estimate of drug-likeness (QED) is 0.319. The van der Waals surface area contributed by atoms with Crippen LogP contribution in [0.3, 0.4) is 0 Å². The number of aromatic nitrogens is 4. The second-order valence-electron chi connectivity index (χ2n) is 10.7. The van der Waals surface area contributed by atoms with E-state index in [1.807, 2.05) is 61.7 Å². The Labute approximate surface area is 235 Å². The molecule has 2 aromatic heterocycles. The Kier molecular flexibility index (Phi) is 8.14. The number of halogens is 1. The number of amides is 1. The highest BCUT2D eigenvalue weighted by molar-refractivity contribution is 6.30. The molecule has 0 N–H and O–H groups in total. The molecule has 1 aliphatic heterocycles. The summed E-state index contributed by atoms with van der Waals surface area (Å²) in [7, 11) is 3.86. The highest BCUT2D eigenvalue weighted by atomic mass is 35.5. The van der Waals surface area contributed by atoms with Crippen molar-refractivity contribution in [3.8, 4) is 0 Å². The van der Waals surface area contributed by atoms with Gasteiger partial charge in [-0.1, -0.05) is 40.9 Å². The molecule has 3 heterocycles. The highest BCUT2D eigenvalue weighted by Gasteiger charge is 2.24. The van der Waals surface area contributed by atoms with Crippen LogP contribution in [-0.2, 0) is 7.05 Å². The maximum atomic E-state index is 13.3. The number of aryl methyl sites for hydroxylation is 3. The zero-order valence-corrected chi connectivity index (χ0v) is 23.9. The van der Waals surface area contributed by atoms with E-state index in [0.717, 1.165) is 77.8 Å². The van der Waals surface area contributed by atoms with E-state index >= 15 is 0 Å². The molecule has 4 aromatic rings. The molecule has 204 valence electrons. The molecule has 0 radical (unpaired) electrons. The molecule has 1 aliphatic rings. The van der Waals surface area contributed by atoms with E-state index in [9.17, 15) is 4.79 Å². The van der Waals surface area contributed by atoms with Gasteiger partial charge >= 0.3 is 0 Å². The molecular weight excluding hydrogens is 510 g/mol. The normalized spacial score (nSPS) is 15.1. The topological polar surface area (TPSA) is 70.4 Å². The Balaban J connectivity index is 1.23. The van der Waals surface area contributed by atoms with Crippen molar-refractivity contribution in [2.75, 3.05) is 51.2 Å². The molecule has 5 rings (SSSR count). The first-order valence-corrected chi connectivity index (χ1v) is 13.8. The first kappa shape index (κ1) is 27.1. The van der Waals surface area contributed by atoms with Crippen LogP contribution in [0.15, 0.2) is 55.1 Å². The number of imidazole rings is 1. The number of rotatable bonds is 8. The van der Waals surface area contributed by atoms with Crippen molar-refractivity contribution in [3.05, 3.63) is 82.4 Å². The van der Waals surface area contributed by atoms with Gasteiger partial charge in [0.2, 0.25) is 0 Å². The van der Waals surface area contributed by atoms with Crippen molar-refractivity contribution in [3.63, 3.8) is 0 Å². The zero-order chi connectivity index (χ0) is 27.5. The van der Waals surface area contributed by atoms with Gasteiger partial charge in [-0.3, -0.25) is 9.69 Å². The van der Waals surface area contributed by atoms with Crippen molar-refractivity contribution in [1.29, 1.82) is 0 Å². The Hall–Kier alpha value is -3.49. The van der Waals surface area contributed by atoms with E-state index in [-0.39, 0.29) is 11.8 Å². The fourth-order valence-corrected chi connectivity index (χ4v) is 5.64. The molecule has 0 spiro atoms. The second-order valence-corrected chi connectivity index (χ2v) is 11.1. The van der Waals surface area contributed by atoms with Gasteiger partial charge in [0.25, 0.3) is 5.91 Å². The summed E-state index contributed by atoms with van der Waals surface area (Å²) < 4.78 is 1.93. The van der Waals surface area contributed by atoms with Crippen LogP contribution in [0.5, 0.6) is 0 Å². The fraction of sp³-hybridized carbons (Fsp3) is 0.400. The SMILES string of the molecule is Cc1cc(C)cc(C(=O)N(C)CC(CCN2CCN(c3ncnc4c3ncn4C)CC2)c2ccc(Cl)cc2)c1. The standard InChI is InChI=1S/C30H36ClN7O/c1-21-15-22(2)17-25(16-21)30(39)35(3)18-24(23-5-7-26(31)8-6-23)9-10-37-11-13-38(14-12-37)29-27-28(32-19-33-29)36(4)20-34-27/h5-8,15-17,19-20,24H,9-14,18H2,1-4H3. The lowest BCUT2D eigenvalue weighted by atomic mass is 9.94. The number of nitrogens with zero attached hydrogens (tertiary/aromatic N) is 7. The summed E-state index contributed by atoms with van der Waals surface area (Å²) in [6.45, 7) is 9.33. The minimum atomic E-state index is 0.0556. The first-order valence-electron chi connectivity index (χ1n) is 13.5. The van der Waals surface area contributed by atoms with Gasteiger partial charge in [-0.2, -0.15) is 0 Å². The molecule has 0 saturated carbocycles. The van der Waals surface area contributed by atoms with Crippen LogP contribution in [0.25, 0.3) is 11.2 Å². The first-order chi connectivity index (χ1) is 18.8. The van der Waals surface area contributed by atoms with Crippen molar-refractivity contribution in [2.24, 2.45) is 7.05 Å². The van der Waals surface area contributed by atoms with Crippen LogP contribution in [0.2, 0.25) is 5.02 Å². The third-order valence-corrected chi connectivity index (χ3v) is 7.85. The van der Waals surface area contributed by atoms with Gasteiger partial charge in [0.15, 0.2) is 17.0 Å². The second kappa shape index (κ2) is 11.7. The maximum absolute atomic E-state index is 13.3. The summed E-state index contributed by atoms with van der Waals surface area (Å²) >= 11 is 6.19. The highest BCUT2D eigenvalue weighted by Crippen LogP contribution is 2.26. The lowest BCUT2D eigenvalue weighted by Gasteiger charge is -2.36. The molecule has 0 aliphatic carbocycles. The Morgan fingerprint density at radius 3 is 2.38 bits per heavy atom. The molecule has 0 bridgehead atoms. The number of carbonyl (C=O) groups is 1. The van der Waals surface area contributed by atoms with Gasteiger partial charge in [0.1, 0.15) is 6.33 Å². The van der Waals surface area contributed by atoms with Gasteiger partial charge in [-0.05, 0) is 56.6 Å². The lowest BCUT2D eigenvalue weighted by Crippen LogP contribution is -2.47. The van der Waals surface area contributed by atoms with Crippen molar-refractivity contribution >= 4 is 34.5 Å². The number of anilines is 1. The predicted molar refractivity (Wildman–Crippen MR) is 157 cm³/mol. The number of fused-ring (bicyclic) bond motifs is 1. The molecular formula is C30H36ClN7O. The van der Waals surface area contributed by atoms with Crippen molar-refractivity contribution in [1.82, 2.24) is 29.3 Å². The number of carbonyl (C=O) groups excluding carboxylic acids is 1. The molecule has 1 atom stereocenters. The smallest absolute Gasteiger partial charge is 0.253 e. The zero-order valence-electron chi connectivity index (χ0n) is 23.1. The maximum Gasteiger partial charge on any atom is 0.253 e. The van der Waals surface area contributed by atoms with E-state index < -0.39 is 0 Å². The summed E-state index contributed by atoms with van der Waals surface area (Å²) in [5.41, 5.74) is 5.86. The summed E-state index contributed by atoms with van der Waals surface area (Å²) in [5, 5.41) is 0.722. The van der Waals surface area contributed by atoms with Crippen LogP contribution in [0, 0.1) is 13.8 Å². The Morgan fingerprint density at radius 2 is 1.69 bits per heavy atom. The van der Waals surface area contributed by atoms with Gasteiger partial charge in [-0.15, -0.1) is 0 Å². The molecule has 1 saturated heterocycles. The van der Waals surface area contributed by atoms with Crippen LogP contribution >= 0.6 is 11.6 Å². The minimum absolute atomic E-state index is 0.0556. The van der Waals surface area contributed by atoms with Crippen LogP contribution in [-0.4, -0.2) is 81.5 Å². The Morgan fingerprint density at radius 1 is 1.00 bits per heavy atom. The summed E-state index contributed by atoms with van der Waals surface area (Å²) in [6, 6.07) is 14.1. The molecule has 1 amide bonds. The van der Waals surface area contributed by atoms with Gasteiger partial charge in [0, 0.05) is 63.3 Å². The van der Waals surface area contributed by atoms with Gasteiger partial charge < -0.3 is 14.4 Å². The molecule has 39 heavy (non-hydrogen) atoms. The summed E-state index contributed by atoms with van der Waals surface area (Å²) in [6.07, 6.45) is 4.36. The van der Waals surface area contributed by atoms with E-state index in [4.69, 9.17) is 11.6 Å². The third-order valence-electron chi connectivity index (χ3n) is 7.59. The number of hydrogen-bond donors (Lipinski definition) is 0. The Bertz CT molecular complexity index is 1420. The van der Waals surface area contributed by atoms with Crippen LogP contribution < -0.4 is 4.90 Å². The van der Waals surface area contributed by atoms with Gasteiger partial charge in [-0.25, -0.2) is 15.0 Å². The fourth-order valence-electron chi connectivity index (χ4n) is 5.52. The monoisotopic (exact) mass is 545 g/mol. The van der Waals surface area contributed by atoms with E-state index in [0.29, 0.717) is 6.54 Å². The summed E-state index contributed by atoms with van der Waals surface area (Å²) in [5.74, 6) is 1.17. The van der Waals surface area contributed by atoms with Crippen molar-refractivity contribution < 1.29 is 4.79 Å². The molecule has 2 aromatic carbocycles. The number of benzene rings is 2. The average Bonchev–Trinajstić information content (AvgIpc) is 3.31.